The van der Waals surface area contributed by atoms with Gasteiger partial charge < -0.3 is 10.8 Å². The molecular formula is C10H9N3O3. The normalized spacial score (nSPS) is 10.2. The van der Waals surface area contributed by atoms with Gasteiger partial charge in [0.25, 0.3) is 5.56 Å². The van der Waals surface area contributed by atoms with Crippen LogP contribution in [0.4, 0.5) is 5.69 Å². The summed E-state index contributed by atoms with van der Waals surface area (Å²) < 4.78 is 0. The van der Waals surface area contributed by atoms with E-state index in [2.05, 4.69) is 4.98 Å². The number of nitrogens with two attached hydrogens (primary N) is 1. The number of nitrogens with one attached hydrogen (secondary N) is 2. The van der Waals surface area contributed by atoms with Crippen molar-refractivity contribution in [3.8, 4) is 17.0 Å². The molecule has 0 saturated heterocycles. The number of hydrogen-bond donors (Lipinski definition) is 4. The highest BCUT2D eigenvalue weighted by atomic mass is 16.3. The maximum atomic E-state index is 11.5. The summed E-state index contributed by atoms with van der Waals surface area (Å²) in [6.07, 6.45) is 0. The van der Waals surface area contributed by atoms with E-state index < -0.39 is 17.1 Å². The van der Waals surface area contributed by atoms with Gasteiger partial charge in [0, 0.05) is 11.3 Å². The molecule has 0 saturated carbocycles. The van der Waals surface area contributed by atoms with Crippen LogP contribution in [0.25, 0.3) is 11.1 Å². The van der Waals surface area contributed by atoms with Crippen molar-refractivity contribution in [2.24, 2.45) is 0 Å². The smallest absolute Gasteiger partial charge is 0.328 e. The van der Waals surface area contributed by atoms with E-state index in [1.54, 1.807) is 24.3 Å². The number of anilines is 1. The predicted molar refractivity (Wildman–Crippen MR) is 59.2 cm³/mol. The first-order valence-electron chi connectivity index (χ1n) is 4.50. The van der Waals surface area contributed by atoms with Gasteiger partial charge in [0.15, 0.2) is 0 Å². The summed E-state index contributed by atoms with van der Waals surface area (Å²) in [6, 6.07) is 6.56. The summed E-state index contributed by atoms with van der Waals surface area (Å²) in [5.74, 6) is -0.494. The Morgan fingerprint density at radius 1 is 1.12 bits per heavy atom. The second-order valence-electron chi connectivity index (χ2n) is 3.22. The molecule has 0 aliphatic heterocycles. The number of rotatable bonds is 1. The van der Waals surface area contributed by atoms with Crippen molar-refractivity contribution in [2.75, 3.05) is 5.73 Å². The molecule has 0 bridgehead atoms. The third-order valence-electron chi connectivity index (χ3n) is 2.15. The largest absolute Gasteiger partial charge is 0.494 e. The minimum atomic E-state index is -0.763. The molecule has 82 valence electrons. The van der Waals surface area contributed by atoms with Crippen molar-refractivity contribution in [3.63, 3.8) is 0 Å². The summed E-state index contributed by atoms with van der Waals surface area (Å²) in [5.41, 5.74) is 4.90. The molecule has 0 atom stereocenters. The lowest BCUT2D eigenvalue weighted by Gasteiger charge is -2.05. The molecule has 5 N–H and O–H groups in total. The topological polar surface area (TPSA) is 112 Å². The van der Waals surface area contributed by atoms with Crippen molar-refractivity contribution >= 4 is 5.69 Å². The maximum Gasteiger partial charge on any atom is 0.328 e. The molecular weight excluding hydrogens is 210 g/mol. The molecule has 6 nitrogen and oxygen atoms in total. The van der Waals surface area contributed by atoms with Crippen molar-refractivity contribution in [2.45, 2.75) is 0 Å². The van der Waals surface area contributed by atoms with Crippen LogP contribution in [-0.4, -0.2) is 15.1 Å². The van der Waals surface area contributed by atoms with Crippen molar-refractivity contribution < 1.29 is 5.11 Å². The van der Waals surface area contributed by atoms with Gasteiger partial charge in [0.05, 0.1) is 0 Å². The van der Waals surface area contributed by atoms with E-state index in [0.29, 0.717) is 11.3 Å². The van der Waals surface area contributed by atoms with E-state index in [9.17, 15) is 14.7 Å². The molecule has 0 fully saturated rings. The SMILES string of the molecule is Nc1ccccc1-c1c(O)[nH]c(=O)[nH]c1=O. The van der Waals surface area contributed by atoms with E-state index in [1.165, 1.54) is 0 Å². The predicted octanol–water partition coefficient (Wildman–Crippen LogP) is 0.0180. The third kappa shape index (κ3) is 1.56. The van der Waals surface area contributed by atoms with Crippen LogP contribution in [0.3, 0.4) is 0 Å². The van der Waals surface area contributed by atoms with Gasteiger partial charge in [-0.25, -0.2) is 4.79 Å². The molecule has 0 radical (unpaired) electrons. The fourth-order valence-electron chi connectivity index (χ4n) is 1.45. The van der Waals surface area contributed by atoms with E-state index in [-0.39, 0.29) is 5.56 Å². The Balaban J connectivity index is 2.80. The van der Waals surface area contributed by atoms with Gasteiger partial charge in [-0.1, -0.05) is 18.2 Å². The zero-order valence-electron chi connectivity index (χ0n) is 8.15. The number of aromatic amines is 2. The van der Waals surface area contributed by atoms with E-state index in [0.717, 1.165) is 0 Å². The Bertz CT molecular complexity index is 642. The van der Waals surface area contributed by atoms with Crippen LogP contribution in [0, 0.1) is 0 Å². The molecule has 1 aromatic carbocycles. The Morgan fingerprint density at radius 3 is 2.44 bits per heavy atom. The summed E-state index contributed by atoms with van der Waals surface area (Å²) >= 11 is 0. The lowest BCUT2D eigenvalue weighted by atomic mass is 10.1. The zero-order chi connectivity index (χ0) is 11.7. The van der Waals surface area contributed by atoms with Crippen LogP contribution in [0.1, 0.15) is 0 Å². The fraction of sp³-hybridized carbons (Fsp3) is 0. The standard InChI is InChI=1S/C10H9N3O3/c11-6-4-2-1-3-5(6)7-8(14)12-10(16)13-9(7)15/h1-4H,11H2,(H3,12,13,14,15,16). The maximum absolute atomic E-state index is 11.5. The molecule has 0 aliphatic rings. The van der Waals surface area contributed by atoms with Gasteiger partial charge in [-0.2, -0.15) is 0 Å². The van der Waals surface area contributed by atoms with Gasteiger partial charge in [-0.3, -0.25) is 14.8 Å². The molecule has 0 aliphatic carbocycles. The number of H-pyrrole nitrogens is 2. The van der Waals surface area contributed by atoms with Gasteiger partial charge >= 0.3 is 5.69 Å². The van der Waals surface area contributed by atoms with Gasteiger partial charge in [0.1, 0.15) is 5.56 Å². The van der Waals surface area contributed by atoms with Crippen LogP contribution in [0.2, 0.25) is 0 Å². The summed E-state index contributed by atoms with van der Waals surface area (Å²) in [6.45, 7) is 0. The Labute approximate surface area is 89.4 Å². The average Bonchev–Trinajstić information content (AvgIpc) is 2.19. The molecule has 0 unspecified atom stereocenters. The fourth-order valence-corrected chi connectivity index (χ4v) is 1.45. The highest BCUT2D eigenvalue weighted by Crippen LogP contribution is 2.26. The molecule has 2 rings (SSSR count). The second-order valence-corrected chi connectivity index (χ2v) is 3.22. The van der Waals surface area contributed by atoms with Crippen LogP contribution in [-0.2, 0) is 0 Å². The number of para-hydroxylation sites is 1. The summed E-state index contributed by atoms with van der Waals surface area (Å²) in [4.78, 5) is 26.5. The first-order chi connectivity index (χ1) is 7.59. The summed E-state index contributed by atoms with van der Waals surface area (Å²) in [5, 5.41) is 9.52. The van der Waals surface area contributed by atoms with Crippen molar-refractivity contribution in [3.05, 3.63) is 45.1 Å². The summed E-state index contributed by atoms with van der Waals surface area (Å²) in [7, 11) is 0. The highest BCUT2D eigenvalue weighted by Gasteiger charge is 2.12. The van der Waals surface area contributed by atoms with E-state index in [1.807, 2.05) is 4.98 Å². The zero-order valence-corrected chi connectivity index (χ0v) is 8.15. The molecule has 0 spiro atoms. The second kappa shape index (κ2) is 3.58. The van der Waals surface area contributed by atoms with Crippen LogP contribution >= 0.6 is 0 Å². The van der Waals surface area contributed by atoms with E-state index >= 15 is 0 Å². The van der Waals surface area contributed by atoms with Crippen LogP contribution in [0.5, 0.6) is 5.88 Å². The highest BCUT2D eigenvalue weighted by molar-refractivity contribution is 5.78. The van der Waals surface area contributed by atoms with Gasteiger partial charge in [-0.15, -0.1) is 0 Å². The van der Waals surface area contributed by atoms with E-state index in [4.69, 9.17) is 5.73 Å². The lowest BCUT2D eigenvalue weighted by molar-refractivity contribution is 0.451. The monoisotopic (exact) mass is 219 g/mol. The molecule has 1 heterocycles. The number of aromatic hydroxyl groups is 1. The Morgan fingerprint density at radius 2 is 1.81 bits per heavy atom. The van der Waals surface area contributed by atoms with Gasteiger partial charge in [0.2, 0.25) is 5.88 Å². The minimum absolute atomic E-state index is 0.0438. The van der Waals surface area contributed by atoms with Crippen LogP contribution < -0.4 is 17.0 Å². The Kier molecular flexibility index (Phi) is 2.24. The average molecular weight is 219 g/mol. The Hall–Kier alpha value is -2.50. The number of nitrogen functional groups attached to an aromatic ring is 1. The van der Waals surface area contributed by atoms with Crippen LogP contribution in [0.15, 0.2) is 33.9 Å². The third-order valence-corrected chi connectivity index (χ3v) is 2.15. The first kappa shape index (κ1) is 10.0. The van der Waals surface area contributed by atoms with Crippen molar-refractivity contribution in [1.82, 2.24) is 9.97 Å². The van der Waals surface area contributed by atoms with Gasteiger partial charge in [-0.05, 0) is 6.07 Å². The number of benzene rings is 1. The molecule has 6 heteroatoms. The van der Waals surface area contributed by atoms with Crippen molar-refractivity contribution in [1.29, 1.82) is 0 Å². The first-order valence-corrected chi connectivity index (χ1v) is 4.50. The molecule has 0 amide bonds. The number of aromatic nitrogens is 2. The minimum Gasteiger partial charge on any atom is -0.494 e. The number of hydrogen-bond acceptors (Lipinski definition) is 4. The molecule has 16 heavy (non-hydrogen) atoms. The molecule has 2 aromatic rings. The molecule has 1 aromatic heterocycles. The lowest BCUT2D eigenvalue weighted by Crippen LogP contribution is -2.23. The quantitative estimate of drug-likeness (QED) is 0.506.